The van der Waals surface area contributed by atoms with Crippen LogP contribution in [0.25, 0.3) is 5.69 Å². The van der Waals surface area contributed by atoms with Crippen molar-refractivity contribution in [1.29, 1.82) is 0 Å². The van der Waals surface area contributed by atoms with Crippen molar-refractivity contribution in [2.75, 3.05) is 25.5 Å². The van der Waals surface area contributed by atoms with Crippen LogP contribution >= 0.6 is 0 Å². The predicted molar refractivity (Wildman–Crippen MR) is 118 cm³/mol. The largest absolute Gasteiger partial charge is 0.318 e. The minimum atomic E-state index is -3.61. The van der Waals surface area contributed by atoms with Crippen molar-refractivity contribution in [3.05, 3.63) is 76.9 Å². The van der Waals surface area contributed by atoms with E-state index in [-0.39, 0.29) is 16.6 Å². The van der Waals surface area contributed by atoms with Gasteiger partial charge in [0, 0.05) is 43.4 Å². The van der Waals surface area contributed by atoms with Crippen LogP contribution in [0.1, 0.15) is 27.3 Å². The lowest BCUT2D eigenvalue weighted by atomic mass is 10.1. The first-order chi connectivity index (χ1) is 14.6. The Kier molecular flexibility index (Phi) is 5.23. The van der Waals surface area contributed by atoms with E-state index in [4.69, 9.17) is 0 Å². The molecule has 0 atom stereocenters. The Hall–Kier alpha value is -2.97. The summed E-state index contributed by atoms with van der Waals surface area (Å²) in [7, 11) is -0.650. The number of nitrogens with zero attached hydrogens (tertiary/aromatic N) is 3. The van der Waals surface area contributed by atoms with E-state index >= 15 is 0 Å². The van der Waals surface area contributed by atoms with Crippen molar-refractivity contribution in [3.8, 4) is 5.69 Å². The number of halogens is 1. The number of rotatable bonds is 4. The number of carbonyl (C=O) groups is 1. The lowest BCUT2D eigenvalue weighted by molar-refractivity contribution is 0.0988. The zero-order valence-electron chi connectivity index (χ0n) is 17.9. The minimum Gasteiger partial charge on any atom is -0.318 e. The van der Waals surface area contributed by atoms with Gasteiger partial charge < -0.3 is 9.47 Å². The number of sulfonamides is 1. The molecule has 0 spiro atoms. The summed E-state index contributed by atoms with van der Waals surface area (Å²) in [6, 6.07) is 13.0. The zero-order valence-corrected chi connectivity index (χ0v) is 18.7. The third-order valence-electron chi connectivity index (χ3n) is 5.70. The third kappa shape index (κ3) is 3.55. The molecule has 0 saturated carbocycles. The molecule has 8 heteroatoms. The molecular formula is C23H24FN3O3S. The monoisotopic (exact) mass is 441 g/mol. The highest BCUT2D eigenvalue weighted by atomic mass is 32.2. The molecule has 0 aliphatic carbocycles. The van der Waals surface area contributed by atoms with E-state index in [1.165, 1.54) is 26.2 Å². The molecule has 0 unspecified atom stereocenters. The molecule has 4 rings (SSSR count). The number of amides is 1. The van der Waals surface area contributed by atoms with Crippen LogP contribution < -0.4 is 4.90 Å². The molecule has 0 fully saturated rings. The Morgan fingerprint density at radius 1 is 1.06 bits per heavy atom. The Labute approximate surface area is 181 Å². The molecule has 0 bridgehead atoms. The van der Waals surface area contributed by atoms with Gasteiger partial charge in [-0.3, -0.25) is 4.79 Å². The lowest BCUT2D eigenvalue weighted by Gasteiger charge is -2.19. The van der Waals surface area contributed by atoms with E-state index in [1.807, 2.05) is 18.4 Å². The highest BCUT2D eigenvalue weighted by Crippen LogP contribution is 2.33. The van der Waals surface area contributed by atoms with E-state index in [2.05, 4.69) is 0 Å². The fourth-order valence-electron chi connectivity index (χ4n) is 4.08. The van der Waals surface area contributed by atoms with Crippen LogP contribution in [0.15, 0.2) is 53.4 Å². The summed E-state index contributed by atoms with van der Waals surface area (Å²) < 4.78 is 41.9. The number of hydrogen-bond donors (Lipinski definition) is 0. The molecule has 0 saturated heterocycles. The summed E-state index contributed by atoms with van der Waals surface area (Å²) in [6.45, 7) is 4.17. The van der Waals surface area contributed by atoms with Gasteiger partial charge in [-0.15, -0.1) is 0 Å². The van der Waals surface area contributed by atoms with Gasteiger partial charge in [-0.25, -0.2) is 17.1 Å². The van der Waals surface area contributed by atoms with Crippen molar-refractivity contribution in [2.24, 2.45) is 0 Å². The predicted octanol–water partition coefficient (Wildman–Crippen LogP) is 3.69. The molecule has 6 nitrogen and oxygen atoms in total. The van der Waals surface area contributed by atoms with Gasteiger partial charge in [0.15, 0.2) is 0 Å². The molecule has 1 aromatic heterocycles. The Bertz CT molecular complexity index is 1300. The maximum atomic E-state index is 13.7. The fraction of sp³-hybridized carbons (Fsp3) is 0.261. The molecule has 1 aliphatic rings. The van der Waals surface area contributed by atoms with Crippen LogP contribution in [0.2, 0.25) is 0 Å². The zero-order chi connectivity index (χ0) is 22.5. The number of benzene rings is 2. The molecule has 162 valence electrons. The molecule has 2 heterocycles. The second-order valence-corrected chi connectivity index (χ2v) is 10.0. The molecule has 1 amide bonds. The smallest absolute Gasteiger partial charge is 0.260 e. The number of carbonyl (C=O) groups excluding carboxylic acids is 1. The molecule has 0 radical (unpaired) electrons. The van der Waals surface area contributed by atoms with Gasteiger partial charge >= 0.3 is 0 Å². The Morgan fingerprint density at radius 2 is 1.81 bits per heavy atom. The van der Waals surface area contributed by atoms with Crippen LogP contribution in [-0.4, -0.2) is 43.8 Å². The summed E-state index contributed by atoms with van der Waals surface area (Å²) in [5, 5.41) is 0. The number of anilines is 1. The summed E-state index contributed by atoms with van der Waals surface area (Å²) in [6.07, 6.45) is 0.659. The van der Waals surface area contributed by atoms with Crippen molar-refractivity contribution >= 4 is 21.6 Å². The molecule has 0 N–H and O–H groups in total. The van der Waals surface area contributed by atoms with Crippen molar-refractivity contribution in [1.82, 2.24) is 8.87 Å². The average molecular weight is 442 g/mol. The summed E-state index contributed by atoms with van der Waals surface area (Å²) in [4.78, 5) is 15.2. The van der Waals surface area contributed by atoms with E-state index in [1.54, 1.807) is 41.3 Å². The first kappa shape index (κ1) is 21.3. The van der Waals surface area contributed by atoms with Gasteiger partial charge in [0.1, 0.15) is 5.82 Å². The van der Waals surface area contributed by atoms with Gasteiger partial charge in [-0.2, -0.15) is 0 Å². The van der Waals surface area contributed by atoms with E-state index < -0.39 is 10.0 Å². The Morgan fingerprint density at radius 3 is 2.48 bits per heavy atom. The van der Waals surface area contributed by atoms with Crippen LogP contribution in [0.5, 0.6) is 0 Å². The topological polar surface area (TPSA) is 62.6 Å². The van der Waals surface area contributed by atoms with Crippen molar-refractivity contribution in [2.45, 2.75) is 25.2 Å². The summed E-state index contributed by atoms with van der Waals surface area (Å²) in [5.41, 5.74) is 4.23. The molecule has 31 heavy (non-hydrogen) atoms. The summed E-state index contributed by atoms with van der Waals surface area (Å²) in [5.74, 6) is -0.546. The fourth-order valence-corrected chi connectivity index (χ4v) is 5.00. The van der Waals surface area contributed by atoms with Crippen LogP contribution in [0.4, 0.5) is 10.1 Å². The van der Waals surface area contributed by atoms with Gasteiger partial charge in [0.25, 0.3) is 5.91 Å². The summed E-state index contributed by atoms with van der Waals surface area (Å²) >= 11 is 0. The third-order valence-corrected chi connectivity index (χ3v) is 7.52. The Balaban J connectivity index is 1.74. The van der Waals surface area contributed by atoms with E-state index in [0.29, 0.717) is 35.6 Å². The second-order valence-electron chi connectivity index (χ2n) is 7.88. The normalized spacial score (nSPS) is 13.7. The lowest BCUT2D eigenvalue weighted by Crippen LogP contribution is -2.29. The number of aryl methyl sites for hydroxylation is 1. The minimum absolute atomic E-state index is 0.154. The first-order valence-electron chi connectivity index (χ1n) is 9.93. The van der Waals surface area contributed by atoms with Gasteiger partial charge in [0.05, 0.1) is 10.5 Å². The molecule has 3 aromatic rings. The van der Waals surface area contributed by atoms with Crippen LogP contribution in [0, 0.1) is 19.7 Å². The van der Waals surface area contributed by atoms with Crippen molar-refractivity contribution in [3.63, 3.8) is 0 Å². The SMILES string of the molecule is Cc1cc(C(=O)N2CCc3ccc(S(=O)(=O)N(C)C)cc32)c(C)n1-c1cccc(F)c1. The van der Waals surface area contributed by atoms with E-state index in [9.17, 15) is 17.6 Å². The van der Waals surface area contributed by atoms with Crippen molar-refractivity contribution < 1.29 is 17.6 Å². The quantitative estimate of drug-likeness (QED) is 0.620. The number of hydrogen-bond acceptors (Lipinski definition) is 3. The van der Waals surface area contributed by atoms with E-state index in [0.717, 1.165) is 15.6 Å². The molecular weight excluding hydrogens is 417 g/mol. The van der Waals surface area contributed by atoms with Crippen LogP contribution in [-0.2, 0) is 16.4 Å². The number of aromatic nitrogens is 1. The van der Waals surface area contributed by atoms with Crippen LogP contribution in [0.3, 0.4) is 0 Å². The highest BCUT2D eigenvalue weighted by molar-refractivity contribution is 7.89. The highest BCUT2D eigenvalue weighted by Gasteiger charge is 2.30. The standard InChI is InChI=1S/C23H24FN3O3S/c1-15-12-21(16(2)27(15)19-7-5-6-18(24)13-19)23(28)26-11-10-17-8-9-20(14-22(17)26)31(29,30)25(3)4/h5-9,12-14H,10-11H2,1-4H3. The maximum Gasteiger partial charge on any atom is 0.260 e. The van der Waals surface area contributed by atoms with Gasteiger partial charge in [-0.1, -0.05) is 12.1 Å². The number of fused-ring (bicyclic) bond motifs is 1. The van der Waals surface area contributed by atoms with Gasteiger partial charge in [-0.05, 0) is 62.2 Å². The average Bonchev–Trinajstić information content (AvgIpc) is 3.27. The second kappa shape index (κ2) is 7.62. The molecule has 1 aliphatic heterocycles. The molecule has 2 aromatic carbocycles. The van der Waals surface area contributed by atoms with Gasteiger partial charge in [0.2, 0.25) is 10.0 Å². The first-order valence-corrected chi connectivity index (χ1v) is 11.4. The maximum absolute atomic E-state index is 13.7.